The predicted octanol–water partition coefficient (Wildman–Crippen LogP) is 3.13. The van der Waals surface area contributed by atoms with Crippen LogP contribution in [0.5, 0.6) is 0 Å². The van der Waals surface area contributed by atoms with Crippen molar-refractivity contribution in [3.8, 4) is 0 Å². The van der Waals surface area contributed by atoms with Crippen molar-refractivity contribution >= 4 is 11.5 Å². The molecule has 0 unspecified atom stereocenters. The Morgan fingerprint density at radius 3 is 2.56 bits per heavy atom. The van der Waals surface area contributed by atoms with Gasteiger partial charge in [0.2, 0.25) is 0 Å². The maximum absolute atomic E-state index is 12.1. The van der Waals surface area contributed by atoms with E-state index in [1.807, 2.05) is 31.2 Å². The molecule has 0 radical (unpaired) electrons. The number of ether oxygens (including phenoxy) is 1. The molecule has 1 aliphatic carbocycles. The van der Waals surface area contributed by atoms with Crippen LogP contribution in [0, 0.1) is 6.92 Å². The fourth-order valence-corrected chi connectivity index (χ4v) is 2.98. The summed E-state index contributed by atoms with van der Waals surface area (Å²) in [5.41, 5.74) is 1.39. The average Bonchev–Trinajstić information content (AvgIpc) is 2.89. The molecule has 1 spiro atoms. The molecule has 3 rings (SSSR count). The number of benzene rings is 1. The van der Waals surface area contributed by atoms with Crippen LogP contribution in [0.2, 0.25) is 0 Å². The molecule has 1 heterocycles. The van der Waals surface area contributed by atoms with Crippen molar-refractivity contribution in [2.24, 2.45) is 0 Å². The summed E-state index contributed by atoms with van der Waals surface area (Å²) in [6, 6.07) is 7.58. The SMILES string of the molecule is Cc1ccccc1C1=C(O)C2(CCCC2)OC1=O. The molecule has 1 aromatic carbocycles. The lowest BCUT2D eigenvalue weighted by Crippen LogP contribution is -2.27. The van der Waals surface area contributed by atoms with Crippen LogP contribution in [0.1, 0.15) is 36.8 Å². The summed E-state index contributed by atoms with van der Waals surface area (Å²) in [6.45, 7) is 1.93. The quantitative estimate of drug-likeness (QED) is 0.772. The zero-order valence-electron chi connectivity index (χ0n) is 10.4. The second kappa shape index (κ2) is 3.87. The molecule has 0 bridgehead atoms. The molecule has 0 saturated heterocycles. The molecular weight excluding hydrogens is 228 g/mol. The van der Waals surface area contributed by atoms with E-state index in [2.05, 4.69) is 0 Å². The summed E-state index contributed by atoms with van der Waals surface area (Å²) in [7, 11) is 0. The van der Waals surface area contributed by atoms with E-state index in [-0.39, 0.29) is 11.7 Å². The van der Waals surface area contributed by atoms with Crippen molar-refractivity contribution in [3.05, 3.63) is 41.2 Å². The third-order valence-electron chi connectivity index (χ3n) is 3.99. The number of hydrogen-bond donors (Lipinski definition) is 1. The van der Waals surface area contributed by atoms with Crippen LogP contribution in [-0.4, -0.2) is 16.7 Å². The Morgan fingerprint density at radius 1 is 1.22 bits per heavy atom. The lowest BCUT2D eigenvalue weighted by molar-refractivity contribution is -0.146. The van der Waals surface area contributed by atoms with Crippen LogP contribution in [0.15, 0.2) is 30.0 Å². The Bertz CT molecular complexity index is 536. The van der Waals surface area contributed by atoms with Crippen LogP contribution < -0.4 is 0 Å². The molecule has 0 aromatic heterocycles. The highest BCUT2D eigenvalue weighted by Crippen LogP contribution is 2.46. The van der Waals surface area contributed by atoms with Crippen LogP contribution in [0.3, 0.4) is 0 Å². The normalized spacial score (nSPS) is 21.7. The van der Waals surface area contributed by atoms with E-state index in [1.165, 1.54) is 0 Å². The molecular formula is C15H16O3. The minimum atomic E-state index is -0.727. The number of esters is 1. The van der Waals surface area contributed by atoms with Gasteiger partial charge in [-0.15, -0.1) is 0 Å². The van der Waals surface area contributed by atoms with Crippen molar-refractivity contribution in [1.29, 1.82) is 0 Å². The van der Waals surface area contributed by atoms with E-state index in [1.54, 1.807) is 0 Å². The van der Waals surface area contributed by atoms with E-state index in [0.717, 1.165) is 36.8 Å². The van der Waals surface area contributed by atoms with Crippen LogP contribution in [0.25, 0.3) is 5.57 Å². The van der Waals surface area contributed by atoms with Gasteiger partial charge in [-0.2, -0.15) is 0 Å². The number of aryl methyl sites for hydroxylation is 1. The van der Waals surface area contributed by atoms with Gasteiger partial charge < -0.3 is 9.84 Å². The highest BCUT2D eigenvalue weighted by Gasteiger charge is 2.50. The summed E-state index contributed by atoms with van der Waals surface area (Å²) in [6.07, 6.45) is 3.47. The van der Waals surface area contributed by atoms with Gasteiger partial charge in [0.25, 0.3) is 0 Å². The predicted molar refractivity (Wildman–Crippen MR) is 68.0 cm³/mol. The van der Waals surface area contributed by atoms with Crippen molar-refractivity contribution in [3.63, 3.8) is 0 Å². The Morgan fingerprint density at radius 2 is 1.89 bits per heavy atom. The van der Waals surface area contributed by atoms with Gasteiger partial charge in [-0.25, -0.2) is 4.79 Å². The van der Waals surface area contributed by atoms with Gasteiger partial charge in [-0.3, -0.25) is 0 Å². The molecule has 94 valence electrons. The molecule has 3 heteroatoms. The summed E-state index contributed by atoms with van der Waals surface area (Å²) >= 11 is 0. The first kappa shape index (κ1) is 11.3. The minimum Gasteiger partial charge on any atom is -0.507 e. The standard InChI is InChI=1S/C15H16O3/c1-10-6-2-3-7-11(10)12-13(16)15(18-14(12)17)8-4-5-9-15/h2-3,6-7,16H,4-5,8-9H2,1H3. The third-order valence-corrected chi connectivity index (χ3v) is 3.99. The Kier molecular flexibility index (Phi) is 2.44. The monoisotopic (exact) mass is 244 g/mol. The first-order valence-corrected chi connectivity index (χ1v) is 6.37. The highest BCUT2D eigenvalue weighted by atomic mass is 16.6. The summed E-state index contributed by atoms with van der Waals surface area (Å²) in [5, 5.41) is 10.4. The largest absolute Gasteiger partial charge is 0.507 e. The van der Waals surface area contributed by atoms with E-state index >= 15 is 0 Å². The maximum Gasteiger partial charge on any atom is 0.343 e. The lowest BCUT2D eigenvalue weighted by atomic mass is 9.94. The Labute approximate surface area is 106 Å². The van der Waals surface area contributed by atoms with Gasteiger partial charge in [-0.1, -0.05) is 24.3 Å². The topological polar surface area (TPSA) is 46.5 Å². The molecule has 1 fully saturated rings. The van der Waals surface area contributed by atoms with Gasteiger partial charge in [0, 0.05) is 0 Å². The zero-order valence-corrected chi connectivity index (χ0v) is 10.4. The smallest absolute Gasteiger partial charge is 0.343 e. The average molecular weight is 244 g/mol. The van der Waals surface area contributed by atoms with Gasteiger partial charge in [0.15, 0.2) is 11.4 Å². The van der Waals surface area contributed by atoms with Crippen molar-refractivity contribution in [2.75, 3.05) is 0 Å². The number of rotatable bonds is 1. The summed E-state index contributed by atoms with van der Waals surface area (Å²) in [5.74, 6) is -0.247. The first-order chi connectivity index (χ1) is 8.64. The van der Waals surface area contributed by atoms with E-state index in [9.17, 15) is 9.90 Å². The van der Waals surface area contributed by atoms with Gasteiger partial charge in [0.05, 0.1) is 0 Å². The van der Waals surface area contributed by atoms with Gasteiger partial charge in [0.1, 0.15) is 5.57 Å². The van der Waals surface area contributed by atoms with Crippen molar-refractivity contribution in [2.45, 2.75) is 38.2 Å². The molecule has 1 saturated carbocycles. The molecule has 2 aliphatic rings. The van der Waals surface area contributed by atoms with Crippen LogP contribution in [-0.2, 0) is 9.53 Å². The minimum absolute atomic E-state index is 0.138. The summed E-state index contributed by atoms with van der Waals surface area (Å²) < 4.78 is 5.48. The number of carbonyl (C=O) groups is 1. The van der Waals surface area contributed by atoms with Crippen LogP contribution >= 0.6 is 0 Å². The second-order valence-electron chi connectivity index (χ2n) is 5.13. The summed E-state index contributed by atoms with van der Waals surface area (Å²) in [4.78, 5) is 12.1. The molecule has 0 amide bonds. The maximum atomic E-state index is 12.1. The number of hydrogen-bond acceptors (Lipinski definition) is 3. The molecule has 0 atom stereocenters. The van der Waals surface area contributed by atoms with Crippen molar-refractivity contribution < 1.29 is 14.6 Å². The fraction of sp³-hybridized carbons (Fsp3) is 0.400. The lowest BCUT2D eigenvalue weighted by Gasteiger charge is -2.21. The third kappa shape index (κ3) is 1.47. The van der Waals surface area contributed by atoms with Gasteiger partial charge in [-0.05, 0) is 43.7 Å². The highest BCUT2D eigenvalue weighted by molar-refractivity contribution is 6.20. The molecule has 1 N–H and O–H groups in total. The van der Waals surface area contributed by atoms with E-state index in [4.69, 9.17) is 4.74 Å². The van der Waals surface area contributed by atoms with Gasteiger partial charge >= 0.3 is 5.97 Å². The van der Waals surface area contributed by atoms with E-state index < -0.39 is 5.60 Å². The number of carbonyl (C=O) groups excluding carboxylic acids is 1. The fourth-order valence-electron chi connectivity index (χ4n) is 2.98. The number of aliphatic hydroxyl groups is 1. The molecule has 18 heavy (non-hydrogen) atoms. The molecule has 1 aliphatic heterocycles. The molecule has 1 aromatic rings. The number of aliphatic hydroxyl groups excluding tert-OH is 1. The Hall–Kier alpha value is -1.77. The first-order valence-electron chi connectivity index (χ1n) is 6.37. The van der Waals surface area contributed by atoms with E-state index in [0.29, 0.717) is 5.57 Å². The second-order valence-corrected chi connectivity index (χ2v) is 5.13. The molecule has 3 nitrogen and oxygen atoms in total. The van der Waals surface area contributed by atoms with Crippen molar-refractivity contribution in [1.82, 2.24) is 0 Å². The van der Waals surface area contributed by atoms with Crippen LogP contribution in [0.4, 0.5) is 0 Å². The Balaban J connectivity index is 2.13. The zero-order chi connectivity index (χ0) is 12.8.